The Morgan fingerprint density at radius 1 is 1.09 bits per heavy atom. The van der Waals surface area contributed by atoms with Crippen LogP contribution in [0.1, 0.15) is 5.56 Å². The molecule has 0 aliphatic rings. The van der Waals surface area contributed by atoms with E-state index in [1.807, 2.05) is 0 Å². The second-order valence-corrected chi connectivity index (χ2v) is 7.82. The number of ether oxygens (including phenoxy) is 1. The van der Waals surface area contributed by atoms with E-state index in [-0.39, 0.29) is 23.6 Å². The number of nitrogens with one attached hydrogen (secondary N) is 2. The molecule has 35 heavy (non-hydrogen) atoms. The summed E-state index contributed by atoms with van der Waals surface area (Å²) in [4.78, 5) is 34.8. The fraction of sp³-hybridized carbons (Fsp3) is 0.0417. The molecule has 2 amide bonds. The first-order valence-electron chi connectivity index (χ1n) is 9.90. The Balaban J connectivity index is 1.64. The number of benzene rings is 3. The van der Waals surface area contributed by atoms with Gasteiger partial charge in [-0.2, -0.15) is 5.26 Å². The molecule has 0 radical (unpaired) electrons. The van der Waals surface area contributed by atoms with Crippen molar-refractivity contribution in [3.05, 3.63) is 98.3 Å². The standard InChI is InChI=1S/C24H16BrFN4O5/c25-21-11-15(4-9-22(21)35-14-23(31)28-18-7-5-17(26)6-8-18)10-16(13-27)24(32)29-19-2-1-3-20(12-19)30(33)34/h1-12H,14H2,(H,28,31)(H,29,32)/b16-10-. The van der Waals surface area contributed by atoms with Crippen molar-refractivity contribution in [3.8, 4) is 11.8 Å². The fourth-order valence-corrected chi connectivity index (χ4v) is 3.32. The zero-order valence-corrected chi connectivity index (χ0v) is 19.4. The molecular formula is C24H16BrFN4O5. The highest BCUT2D eigenvalue weighted by Crippen LogP contribution is 2.27. The summed E-state index contributed by atoms with van der Waals surface area (Å²) in [5.41, 5.74) is 0.666. The van der Waals surface area contributed by atoms with E-state index in [1.165, 1.54) is 54.6 Å². The van der Waals surface area contributed by atoms with E-state index >= 15 is 0 Å². The summed E-state index contributed by atoms with van der Waals surface area (Å²) in [6.07, 6.45) is 1.34. The van der Waals surface area contributed by atoms with Crippen LogP contribution >= 0.6 is 15.9 Å². The van der Waals surface area contributed by atoms with E-state index < -0.39 is 22.6 Å². The number of hydrogen-bond acceptors (Lipinski definition) is 6. The molecule has 176 valence electrons. The molecule has 3 aromatic carbocycles. The number of nitriles is 1. The third-order valence-corrected chi connectivity index (χ3v) is 5.05. The predicted octanol–water partition coefficient (Wildman–Crippen LogP) is 5.06. The second-order valence-electron chi connectivity index (χ2n) is 6.96. The Morgan fingerprint density at radius 3 is 2.49 bits per heavy atom. The highest BCUT2D eigenvalue weighted by Gasteiger charge is 2.13. The number of nitro benzene ring substituents is 1. The Hall–Kier alpha value is -4.56. The fourth-order valence-electron chi connectivity index (χ4n) is 2.81. The monoisotopic (exact) mass is 538 g/mol. The summed E-state index contributed by atoms with van der Waals surface area (Å²) in [5, 5.41) is 25.3. The highest BCUT2D eigenvalue weighted by atomic mass is 79.9. The molecule has 2 N–H and O–H groups in total. The van der Waals surface area contributed by atoms with Gasteiger partial charge in [0, 0.05) is 23.5 Å². The molecule has 0 fully saturated rings. The van der Waals surface area contributed by atoms with Crippen LogP contribution in [0.15, 0.2) is 76.8 Å². The van der Waals surface area contributed by atoms with Gasteiger partial charge in [0.2, 0.25) is 0 Å². The lowest BCUT2D eigenvalue weighted by Gasteiger charge is -2.10. The maximum atomic E-state index is 12.9. The molecule has 0 saturated heterocycles. The maximum absolute atomic E-state index is 12.9. The van der Waals surface area contributed by atoms with E-state index in [9.17, 15) is 29.4 Å². The van der Waals surface area contributed by atoms with E-state index in [4.69, 9.17) is 4.74 Å². The van der Waals surface area contributed by atoms with E-state index in [0.29, 0.717) is 21.5 Å². The van der Waals surface area contributed by atoms with Crippen molar-refractivity contribution >= 4 is 50.9 Å². The first-order chi connectivity index (χ1) is 16.7. The van der Waals surface area contributed by atoms with Crippen molar-refractivity contribution in [2.75, 3.05) is 17.2 Å². The lowest BCUT2D eigenvalue weighted by atomic mass is 10.1. The van der Waals surface area contributed by atoms with Gasteiger partial charge in [-0.15, -0.1) is 0 Å². The molecule has 0 heterocycles. The van der Waals surface area contributed by atoms with Crippen molar-refractivity contribution in [3.63, 3.8) is 0 Å². The van der Waals surface area contributed by atoms with Crippen LogP contribution in [-0.2, 0) is 9.59 Å². The van der Waals surface area contributed by atoms with Gasteiger partial charge in [0.05, 0.1) is 9.40 Å². The Morgan fingerprint density at radius 2 is 1.83 bits per heavy atom. The van der Waals surface area contributed by atoms with Gasteiger partial charge in [-0.25, -0.2) is 4.39 Å². The minimum atomic E-state index is -0.734. The number of carbonyl (C=O) groups is 2. The average Bonchev–Trinajstić information content (AvgIpc) is 2.83. The quantitative estimate of drug-likeness (QED) is 0.178. The first-order valence-corrected chi connectivity index (χ1v) is 10.7. The number of anilines is 2. The van der Waals surface area contributed by atoms with Crippen LogP contribution in [0, 0.1) is 27.3 Å². The summed E-state index contributed by atoms with van der Waals surface area (Å²) in [6.45, 7) is -0.305. The number of carbonyl (C=O) groups excluding carboxylic acids is 2. The van der Waals surface area contributed by atoms with Crippen LogP contribution in [0.5, 0.6) is 5.75 Å². The normalized spacial score (nSPS) is 10.7. The molecule has 0 spiro atoms. The predicted molar refractivity (Wildman–Crippen MR) is 130 cm³/mol. The van der Waals surface area contributed by atoms with Gasteiger partial charge >= 0.3 is 0 Å². The Kier molecular flexibility index (Phi) is 8.26. The molecule has 0 bridgehead atoms. The summed E-state index contributed by atoms with van der Waals surface area (Å²) >= 11 is 3.32. The largest absolute Gasteiger partial charge is 0.483 e. The lowest BCUT2D eigenvalue weighted by molar-refractivity contribution is -0.384. The molecular weight excluding hydrogens is 523 g/mol. The van der Waals surface area contributed by atoms with Crippen molar-refractivity contribution in [1.82, 2.24) is 0 Å². The molecule has 0 unspecified atom stereocenters. The van der Waals surface area contributed by atoms with Gasteiger partial charge in [-0.3, -0.25) is 19.7 Å². The zero-order valence-electron chi connectivity index (χ0n) is 17.8. The van der Waals surface area contributed by atoms with Crippen LogP contribution < -0.4 is 15.4 Å². The van der Waals surface area contributed by atoms with E-state index in [2.05, 4.69) is 26.6 Å². The summed E-state index contributed by atoms with van der Waals surface area (Å²) in [7, 11) is 0. The molecule has 9 nitrogen and oxygen atoms in total. The minimum Gasteiger partial charge on any atom is -0.483 e. The third-order valence-electron chi connectivity index (χ3n) is 4.43. The highest BCUT2D eigenvalue weighted by molar-refractivity contribution is 9.10. The molecule has 3 aromatic rings. The Labute approximate surface area is 207 Å². The summed E-state index contributed by atoms with van der Waals surface area (Å²) in [6, 6.07) is 17.2. The molecule has 0 aliphatic heterocycles. The number of halogens is 2. The summed E-state index contributed by atoms with van der Waals surface area (Å²) in [5.74, 6) is -1.26. The van der Waals surface area contributed by atoms with Crippen LogP contribution in [0.25, 0.3) is 6.08 Å². The van der Waals surface area contributed by atoms with E-state index in [1.54, 1.807) is 24.3 Å². The van der Waals surface area contributed by atoms with Crippen LogP contribution in [0.2, 0.25) is 0 Å². The van der Waals surface area contributed by atoms with Gasteiger partial charge in [0.15, 0.2) is 6.61 Å². The third kappa shape index (κ3) is 7.21. The first kappa shape index (κ1) is 25.1. The smallest absolute Gasteiger partial charge is 0.271 e. The number of amides is 2. The Bertz CT molecular complexity index is 1350. The topological polar surface area (TPSA) is 134 Å². The lowest BCUT2D eigenvalue weighted by Crippen LogP contribution is -2.20. The van der Waals surface area contributed by atoms with Gasteiger partial charge < -0.3 is 15.4 Å². The van der Waals surface area contributed by atoms with Crippen molar-refractivity contribution in [2.24, 2.45) is 0 Å². The maximum Gasteiger partial charge on any atom is 0.271 e. The van der Waals surface area contributed by atoms with Gasteiger partial charge in [-0.05, 0) is 70.0 Å². The zero-order chi connectivity index (χ0) is 25.4. The molecule has 0 aromatic heterocycles. The van der Waals surface area contributed by atoms with Gasteiger partial charge in [0.25, 0.3) is 17.5 Å². The van der Waals surface area contributed by atoms with Gasteiger partial charge in [0.1, 0.15) is 23.2 Å². The van der Waals surface area contributed by atoms with Crippen molar-refractivity contribution in [2.45, 2.75) is 0 Å². The SMILES string of the molecule is N#C/C(=C/c1ccc(OCC(=O)Nc2ccc(F)cc2)c(Br)c1)C(=O)Nc1cccc([N+](=O)[O-])c1. The van der Waals surface area contributed by atoms with Crippen LogP contribution in [0.4, 0.5) is 21.5 Å². The molecule has 0 atom stereocenters. The molecule has 0 aliphatic carbocycles. The number of rotatable bonds is 8. The average molecular weight is 539 g/mol. The second kappa shape index (κ2) is 11.5. The molecule has 11 heteroatoms. The molecule has 0 saturated carbocycles. The van der Waals surface area contributed by atoms with Crippen LogP contribution in [0.3, 0.4) is 0 Å². The number of non-ortho nitro benzene ring substituents is 1. The number of nitro groups is 1. The molecule has 3 rings (SSSR count). The van der Waals surface area contributed by atoms with Crippen molar-refractivity contribution < 1.29 is 23.6 Å². The van der Waals surface area contributed by atoms with Crippen LogP contribution in [-0.4, -0.2) is 23.3 Å². The van der Waals surface area contributed by atoms with Gasteiger partial charge in [-0.1, -0.05) is 12.1 Å². The summed E-state index contributed by atoms with van der Waals surface area (Å²) < 4.78 is 18.9. The number of nitrogens with zero attached hydrogens (tertiary/aromatic N) is 2. The minimum absolute atomic E-state index is 0.175. The number of hydrogen-bond donors (Lipinski definition) is 2. The van der Waals surface area contributed by atoms with Crippen molar-refractivity contribution in [1.29, 1.82) is 5.26 Å². The van der Waals surface area contributed by atoms with E-state index in [0.717, 1.165) is 0 Å².